The summed E-state index contributed by atoms with van der Waals surface area (Å²) in [5.74, 6) is 0.801. The Labute approximate surface area is 170 Å². The summed E-state index contributed by atoms with van der Waals surface area (Å²) in [6.45, 7) is 3.09. The molecule has 1 saturated carbocycles. The summed E-state index contributed by atoms with van der Waals surface area (Å²) in [6, 6.07) is 5.59. The molecule has 0 bridgehead atoms. The Bertz CT molecular complexity index is 855. The third-order valence-electron chi connectivity index (χ3n) is 5.49. The number of aromatic nitrogens is 3. The van der Waals surface area contributed by atoms with Gasteiger partial charge in [0.25, 0.3) is 0 Å². The number of nitrogens with one attached hydrogen (secondary N) is 2. The highest BCUT2D eigenvalue weighted by Gasteiger charge is 2.32. The Morgan fingerprint density at radius 3 is 2.76 bits per heavy atom. The number of benzene rings is 1. The molecule has 1 saturated heterocycles. The number of hydrogen-bond acceptors (Lipinski definition) is 8. The zero-order valence-corrected chi connectivity index (χ0v) is 16.9. The van der Waals surface area contributed by atoms with Crippen molar-refractivity contribution in [3.8, 4) is 5.75 Å². The second kappa shape index (κ2) is 8.36. The monoisotopic (exact) mass is 401 g/mol. The number of halogens is 1. The molecular formula is C20H28FN7O. The summed E-state index contributed by atoms with van der Waals surface area (Å²) in [7, 11) is 1.45. The minimum atomic E-state index is -0.428. The van der Waals surface area contributed by atoms with Gasteiger partial charge in [-0.1, -0.05) is 6.92 Å². The molecule has 156 valence electrons. The van der Waals surface area contributed by atoms with Crippen LogP contribution in [0, 0.1) is 5.82 Å². The molecule has 0 spiro atoms. The maximum atomic E-state index is 14.6. The first kappa shape index (κ1) is 19.6. The molecule has 2 aliphatic rings. The van der Waals surface area contributed by atoms with Crippen molar-refractivity contribution in [2.75, 3.05) is 29.6 Å². The van der Waals surface area contributed by atoms with Crippen LogP contribution in [0.4, 0.5) is 27.9 Å². The van der Waals surface area contributed by atoms with Crippen LogP contribution in [-0.4, -0.2) is 46.7 Å². The SMILES string of the molecule is CCC(C1CCCN1)N(c1ccc(OC)c(F)c1)c1nc(N)nc(NC2CC2)n1. The van der Waals surface area contributed by atoms with Crippen molar-refractivity contribution in [1.82, 2.24) is 20.3 Å². The molecule has 1 aliphatic heterocycles. The average molecular weight is 401 g/mol. The summed E-state index contributed by atoms with van der Waals surface area (Å²) < 4.78 is 19.6. The number of nitrogen functional groups attached to an aromatic ring is 1. The summed E-state index contributed by atoms with van der Waals surface area (Å²) in [5, 5.41) is 6.84. The van der Waals surface area contributed by atoms with E-state index in [0.29, 0.717) is 23.6 Å². The summed E-state index contributed by atoms with van der Waals surface area (Å²) in [6.07, 6.45) is 5.18. The lowest BCUT2D eigenvalue weighted by molar-refractivity contribution is 0.386. The number of ether oxygens (including phenoxy) is 1. The van der Waals surface area contributed by atoms with E-state index < -0.39 is 5.82 Å². The molecule has 2 heterocycles. The molecule has 1 aliphatic carbocycles. The fraction of sp³-hybridized carbons (Fsp3) is 0.550. The number of nitrogens with zero attached hydrogens (tertiary/aromatic N) is 4. The predicted octanol–water partition coefficient (Wildman–Crippen LogP) is 2.84. The van der Waals surface area contributed by atoms with Crippen molar-refractivity contribution < 1.29 is 9.13 Å². The second-order valence-corrected chi connectivity index (χ2v) is 7.60. The van der Waals surface area contributed by atoms with Crippen LogP contribution in [-0.2, 0) is 0 Å². The maximum absolute atomic E-state index is 14.6. The molecule has 1 aromatic heterocycles. The third kappa shape index (κ3) is 4.34. The van der Waals surface area contributed by atoms with E-state index in [1.807, 2.05) is 11.0 Å². The number of methoxy groups -OCH3 is 1. The number of nitrogens with two attached hydrogens (primary N) is 1. The first-order chi connectivity index (χ1) is 14.1. The lowest BCUT2D eigenvalue weighted by Crippen LogP contribution is -2.46. The van der Waals surface area contributed by atoms with E-state index in [2.05, 4.69) is 32.5 Å². The molecule has 0 radical (unpaired) electrons. The molecule has 0 amide bonds. The van der Waals surface area contributed by atoms with Gasteiger partial charge in [-0.05, 0) is 50.8 Å². The van der Waals surface area contributed by atoms with Gasteiger partial charge in [0, 0.05) is 23.8 Å². The molecular weight excluding hydrogens is 373 g/mol. The van der Waals surface area contributed by atoms with Crippen LogP contribution >= 0.6 is 0 Å². The van der Waals surface area contributed by atoms with Crippen molar-refractivity contribution in [3.05, 3.63) is 24.0 Å². The Balaban J connectivity index is 1.77. The van der Waals surface area contributed by atoms with Gasteiger partial charge in [0.15, 0.2) is 11.6 Å². The highest BCUT2D eigenvalue weighted by molar-refractivity contribution is 5.62. The Morgan fingerprint density at radius 2 is 2.14 bits per heavy atom. The Morgan fingerprint density at radius 1 is 1.31 bits per heavy atom. The Hall–Kier alpha value is -2.68. The highest BCUT2D eigenvalue weighted by atomic mass is 19.1. The van der Waals surface area contributed by atoms with E-state index in [9.17, 15) is 4.39 Å². The highest BCUT2D eigenvalue weighted by Crippen LogP contribution is 2.33. The van der Waals surface area contributed by atoms with Gasteiger partial charge in [-0.15, -0.1) is 0 Å². The van der Waals surface area contributed by atoms with Gasteiger partial charge in [-0.25, -0.2) is 4.39 Å². The van der Waals surface area contributed by atoms with E-state index in [1.54, 1.807) is 6.07 Å². The van der Waals surface area contributed by atoms with Crippen LogP contribution in [0.3, 0.4) is 0 Å². The van der Waals surface area contributed by atoms with Crippen molar-refractivity contribution in [3.63, 3.8) is 0 Å². The van der Waals surface area contributed by atoms with Crippen LogP contribution < -0.4 is 26.0 Å². The zero-order chi connectivity index (χ0) is 20.4. The molecule has 2 atom stereocenters. The van der Waals surface area contributed by atoms with Gasteiger partial charge in [0.2, 0.25) is 17.8 Å². The van der Waals surface area contributed by atoms with Gasteiger partial charge in [0.1, 0.15) is 0 Å². The molecule has 4 rings (SSSR count). The van der Waals surface area contributed by atoms with E-state index in [0.717, 1.165) is 38.6 Å². The normalized spacial score (nSPS) is 19.8. The molecule has 29 heavy (non-hydrogen) atoms. The van der Waals surface area contributed by atoms with Gasteiger partial charge >= 0.3 is 0 Å². The second-order valence-electron chi connectivity index (χ2n) is 7.60. The quantitative estimate of drug-likeness (QED) is 0.621. The molecule has 2 fully saturated rings. The molecule has 4 N–H and O–H groups in total. The predicted molar refractivity (Wildman–Crippen MR) is 111 cm³/mol. The lowest BCUT2D eigenvalue weighted by Gasteiger charge is -2.35. The van der Waals surface area contributed by atoms with Crippen LogP contribution in [0.5, 0.6) is 5.75 Å². The molecule has 1 aromatic carbocycles. The summed E-state index contributed by atoms with van der Waals surface area (Å²) >= 11 is 0. The fourth-order valence-corrected chi connectivity index (χ4v) is 3.91. The van der Waals surface area contributed by atoms with Crippen molar-refractivity contribution >= 4 is 23.5 Å². The summed E-state index contributed by atoms with van der Waals surface area (Å²) in [4.78, 5) is 15.2. The standard InChI is InChI=1S/C20H28FN7O/c1-3-16(15-5-4-10-23-15)28(13-8-9-17(29-2)14(21)11-13)20-26-18(22)25-19(27-20)24-12-6-7-12/h8-9,11-12,15-16,23H,3-7,10H2,1-2H3,(H3,22,24,25,26,27). The first-order valence-corrected chi connectivity index (χ1v) is 10.2. The van der Waals surface area contributed by atoms with Gasteiger partial charge in [-0.3, -0.25) is 0 Å². The van der Waals surface area contributed by atoms with Crippen LogP contribution in [0.2, 0.25) is 0 Å². The van der Waals surface area contributed by atoms with Crippen molar-refractivity contribution in [2.24, 2.45) is 0 Å². The van der Waals surface area contributed by atoms with E-state index >= 15 is 0 Å². The minimum Gasteiger partial charge on any atom is -0.494 e. The Kier molecular flexibility index (Phi) is 5.66. The largest absolute Gasteiger partial charge is 0.494 e. The number of anilines is 4. The van der Waals surface area contributed by atoms with E-state index in [-0.39, 0.29) is 23.8 Å². The van der Waals surface area contributed by atoms with Crippen LogP contribution in [0.15, 0.2) is 18.2 Å². The smallest absolute Gasteiger partial charge is 0.236 e. The fourth-order valence-electron chi connectivity index (χ4n) is 3.91. The molecule has 9 heteroatoms. The molecule has 2 aromatic rings. The minimum absolute atomic E-state index is 0.0425. The van der Waals surface area contributed by atoms with E-state index in [1.165, 1.54) is 13.2 Å². The van der Waals surface area contributed by atoms with Crippen LogP contribution in [0.25, 0.3) is 0 Å². The van der Waals surface area contributed by atoms with E-state index in [4.69, 9.17) is 10.5 Å². The molecule has 8 nitrogen and oxygen atoms in total. The number of rotatable bonds is 8. The lowest BCUT2D eigenvalue weighted by atomic mass is 10.0. The van der Waals surface area contributed by atoms with Gasteiger partial charge in [-0.2, -0.15) is 15.0 Å². The van der Waals surface area contributed by atoms with Crippen molar-refractivity contribution in [1.29, 1.82) is 0 Å². The number of hydrogen-bond donors (Lipinski definition) is 3. The van der Waals surface area contributed by atoms with Crippen LogP contribution in [0.1, 0.15) is 39.0 Å². The summed E-state index contributed by atoms with van der Waals surface area (Å²) in [5.41, 5.74) is 6.66. The molecule has 2 unspecified atom stereocenters. The van der Waals surface area contributed by atoms with Gasteiger partial charge in [0.05, 0.1) is 13.2 Å². The topological polar surface area (TPSA) is 101 Å². The van der Waals surface area contributed by atoms with Gasteiger partial charge < -0.3 is 26.0 Å². The third-order valence-corrected chi connectivity index (χ3v) is 5.49. The zero-order valence-electron chi connectivity index (χ0n) is 16.9. The van der Waals surface area contributed by atoms with Crippen molar-refractivity contribution in [2.45, 2.75) is 57.2 Å². The first-order valence-electron chi connectivity index (χ1n) is 10.2. The average Bonchev–Trinajstić information content (AvgIpc) is 3.34. The maximum Gasteiger partial charge on any atom is 0.236 e.